The largest absolute Gasteiger partial charge is 0.395 e. The number of rotatable bonds is 7. The zero-order valence-electron chi connectivity index (χ0n) is 18.2. The number of nitrogens with zero attached hydrogens (tertiary/aromatic N) is 5. The summed E-state index contributed by atoms with van der Waals surface area (Å²) in [4.78, 5) is 16.1. The van der Waals surface area contributed by atoms with Crippen LogP contribution in [0.25, 0.3) is 23.2 Å². The highest BCUT2D eigenvalue weighted by atomic mass is 19.1. The smallest absolute Gasteiger partial charge is 0.222 e. The first-order chi connectivity index (χ1) is 15.0. The first kappa shape index (κ1) is 21.4. The van der Waals surface area contributed by atoms with Gasteiger partial charge in [0.05, 0.1) is 23.7 Å². The Hall–Kier alpha value is -2.84. The van der Waals surface area contributed by atoms with Crippen molar-refractivity contribution in [3.63, 3.8) is 0 Å². The predicted octanol–water partition coefficient (Wildman–Crippen LogP) is 3.23. The third-order valence-corrected chi connectivity index (χ3v) is 5.84. The van der Waals surface area contributed by atoms with Crippen molar-refractivity contribution in [1.29, 1.82) is 0 Å². The Morgan fingerprint density at radius 3 is 2.87 bits per heavy atom. The molecule has 0 radical (unpaired) electrons. The number of hydrogen-bond donors (Lipinski definition) is 2. The molecule has 0 saturated carbocycles. The molecule has 0 bridgehead atoms. The molecule has 1 aliphatic carbocycles. The van der Waals surface area contributed by atoms with Crippen LogP contribution >= 0.6 is 0 Å². The number of likely N-dealkylation sites (N-methyl/N-ethyl adjacent to an activating group) is 1. The van der Waals surface area contributed by atoms with Crippen molar-refractivity contribution in [3.8, 4) is 11.4 Å². The molecule has 2 aromatic heterocycles. The van der Waals surface area contributed by atoms with Crippen LogP contribution in [-0.2, 0) is 6.42 Å². The van der Waals surface area contributed by atoms with Crippen molar-refractivity contribution < 1.29 is 9.50 Å². The average molecular weight is 425 g/mol. The zero-order valence-corrected chi connectivity index (χ0v) is 18.2. The molecule has 0 spiro atoms. The summed E-state index contributed by atoms with van der Waals surface area (Å²) in [5, 5.41) is 12.2. The number of aliphatic hydroxyl groups excluding tert-OH is 1. The molecule has 0 fully saturated rings. The SMILES string of the molecule is CNc1nccc(-c2c(C3=CC=C(F)CC3C)nc3n2C=CC(CN(C)CCO)C3)n1. The topological polar surface area (TPSA) is 79.1 Å². The van der Waals surface area contributed by atoms with Crippen LogP contribution in [0.1, 0.15) is 24.9 Å². The number of aromatic nitrogens is 4. The Bertz CT molecular complexity index is 1040. The minimum atomic E-state index is -0.104. The van der Waals surface area contributed by atoms with Crippen LogP contribution in [0.5, 0.6) is 0 Å². The number of anilines is 1. The lowest BCUT2D eigenvalue weighted by molar-refractivity contribution is 0.209. The van der Waals surface area contributed by atoms with Crippen molar-refractivity contribution >= 4 is 17.7 Å². The van der Waals surface area contributed by atoms with Crippen molar-refractivity contribution in [2.24, 2.45) is 11.8 Å². The van der Waals surface area contributed by atoms with Crippen LogP contribution in [0, 0.1) is 11.8 Å². The van der Waals surface area contributed by atoms with Crippen molar-refractivity contribution in [3.05, 3.63) is 47.8 Å². The monoisotopic (exact) mass is 424 g/mol. The van der Waals surface area contributed by atoms with Gasteiger partial charge in [0.2, 0.25) is 5.95 Å². The molecule has 7 nitrogen and oxygen atoms in total. The van der Waals surface area contributed by atoms with E-state index in [1.807, 2.05) is 26.1 Å². The number of halogens is 1. The molecule has 2 aliphatic rings. The molecule has 0 saturated heterocycles. The third-order valence-electron chi connectivity index (χ3n) is 5.84. The Morgan fingerprint density at radius 2 is 2.13 bits per heavy atom. The number of hydrogen-bond acceptors (Lipinski definition) is 6. The Balaban J connectivity index is 1.78. The molecule has 1 aliphatic heterocycles. The van der Waals surface area contributed by atoms with E-state index in [9.17, 15) is 9.50 Å². The van der Waals surface area contributed by atoms with E-state index in [2.05, 4.69) is 37.0 Å². The lowest BCUT2D eigenvalue weighted by Gasteiger charge is -2.24. The molecular weight excluding hydrogens is 395 g/mol. The van der Waals surface area contributed by atoms with Crippen molar-refractivity contribution in [2.75, 3.05) is 39.1 Å². The van der Waals surface area contributed by atoms with E-state index in [1.54, 1.807) is 19.3 Å². The summed E-state index contributed by atoms with van der Waals surface area (Å²) in [6.45, 7) is 3.67. The quantitative estimate of drug-likeness (QED) is 0.711. The highest BCUT2D eigenvalue weighted by Crippen LogP contribution is 2.39. The van der Waals surface area contributed by atoms with Crippen molar-refractivity contribution in [1.82, 2.24) is 24.4 Å². The molecule has 2 N–H and O–H groups in total. The average Bonchev–Trinajstić information content (AvgIpc) is 3.12. The second kappa shape index (κ2) is 9.11. The Kier molecular flexibility index (Phi) is 6.29. The fourth-order valence-electron chi connectivity index (χ4n) is 4.27. The van der Waals surface area contributed by atoms with Gasteiger partial charge in [-0.2, -0.15) is 0 Å². The molecule has 2 atom stereocenters. The zero-order chi connectivity index (χ0) is 22.0. The van der Waals surface area contributed by atoms with Crippen LogP contribution in [0.3, 0.4) is 0 Å². The van der Waals surface area contributed by atoms with Gasteiger partial charge in [-0.05, 0) is 36.6 Å². The maximum absolute atomic E-state index is 13.8. The summed E-state index contributed by atoms with van der Waals surface area (Å²) < 4.78 is 15.9. The van der Waals surface area contributed by atoms with Gasteiger partial charge in [0.15, 0.2) is 0 Å². The van der Waals surface area contributed by atoms with Crippen molar-refractivity contribution in [2.45, 2.75) is 19.8 Å². The standard InChI is InChI=1S/C23H29FN6O/c1-15-12-17(24)4-5-18(15)21-22(19-6-8-26-23(25-2)27-19)30-9-7-16(13-20(30)28-21)14-29(3)10-11-31/h4-9,15-16,31H,10-14H2,1-3H3,(H,25,26,27). The fourth-order valence-corrected chi connectivity index (χ4v) is 4.27. The maximum atomic E-state index is 13.8. The Morgan fingerprint density at radius 1 is 1.29 bits per heavy atom. The van der Waals surface area contributed by atoms with Gasteiger partial charge in [-0.15, -0.1) is 0 Å². The number of allylic oxidation sites excluding steroid dienone is 4. The van der Waals surface area contributed by atoms with Gasteiger partial charge in [0.1, 0.15) is 11.7 Å². The second-order valence-electron chi connectivity index (χ2n) is 8.24. The van der Waals surface area contributed by atoms with Gasteiger partial charge in [-0.3, -0.25) is 0 Å². The normalized spacial score (nSPS) is 20.5. The maximum Gasteiger partial charge on any atom is 0.222 e. The number of aliphatic hydroxyl groups is 1. The molecule has 2 aromatic rings. The van der Waals surface area contributed by atoms with E-state index in [1.165, 1.54) is 0 Å². The van der Waals surface area contributed by atoms with Gasteiger partial charge in [-0.25, -0.2) is 19.3 Å². The minimum absolute atomic E-state index is 0.0294. The van der Waals surface area contributed by atoms with E-state index in [4.69, 9.17) is 4.98 Å². The van der Waals surface area contributed by atoms with E-state index < -0.39 is 0 Å². The molecule has 8 heteroatoms. The third kappa shape index (κ3) is 4.45. The minimum Gasteiger partial charge on any atom is -0.395 e. The van der Waals surface area contributed by atoms with Crippen LogP contribution in [0.4, 0.5) is 10.3 Å². The molecule has 3 heterocycles. The van der Waals surface area contributed by atoms with Gasteiger partial charge < -0.3 is 19.9 Å². The highest BCUT2D eigenvalue weighted by molar-refractivity contribution is 5.80. The fraction of sp³-hybridized carbons (Fsp3) is 0.435. The highest BCUT2D eigenvalue weighted by Gasteiger charge is 2.28. The van der Waals surface area contributed by atoms with E-state index >= 15 is 0 Å². The lowest BCUT2D eigenvalue weighted by atomic mass is 9.89. The van der Waals surface area contributed by atoms with E-state index in [0.717, 1.165) is 41.4 Å². The van der Waals surface area contributed by atoms with Crippen LogP contribution in [0.15, 0.2) is 36.3 Å². The number of fused-ring (bicyclic) bond motifs is 1. The molecule has 31 heavy (non-hydrogen) atoms. The number of imidazole rings is 1. The van der Waals surface area contributed by atoms with E-state index in [-0.39, 0.29) is 18.4 Å². The molecule has 164 valence electrons. The van der Waals surface area contributed by atoms with Crippen LogP contribution in [-0.4, -0.2) is 63.3 Å². The molecule has 0 amide bonds. The van der Waals surface area contributed by atoms with Crippen LogP contribution in [0.2, 0.25) is 0 Å². The van der Waals surface area contributed by atoms with Gasteiger partial charge in [0.25, 0.3) is 0 Å². The summed E-state index contributed by atoms with van der Waals surface area (Å²) in [5.74, 6) is 1.73. The summed E-state index contributed by atoms with van der Waals surface area (Å²) in [6, 6.07) is 1.88. The number of nitrogens with one attached hydrogen (secondary N) is 1. The summed E-state index contributed by atoms with van der Waals surface area (Å²) >= 11 is 0. The molecule has 4 rings (SSSR count). The molecule has 0 aromatic carbocycles. The van der Waals surface area contributed by atoms with Crippen LogP contribution < -0.4 is 5.32 Å². The van der Waals surface area contributed by atoms with Gasteiger partial charge in [-0.1, -0.05) is 19.1 Å². The Labute approximate surface area is 182 Å². The molecular formula is C23H29FN6O. The van der Waals surface area contributed by atoms with E-state index in [0.29, 0.717) is 24.8 Å². The summed E-state index contributed by atoms with van der Waals surface area (Å²) in [6.07, 6.45) is 10.5. The predicted molar refractivity (Wildman–Crippen MR) is 121 cm³/mol. The second-order valence-corrected chi connectivity index (χ2v) is 8.24. The van der Waals surface area contributed by atoms with Gasteiger partial charge >= 0.3 is 0 Å². The molecule has 2 unspecified atom stereocenters. The first-order valence-corrected chi connectivity index (χ1v) is 10.7. The first-order valence-electron chi connectivity index (χ1n) is 10.7. The summed E-state index contributed by atoms with van der Waals surface area (Å²) in [7, 11) is 3.80. The lowest BCUT2D eigenvalue weighted by Crippen LogP contribution is -2.30. The van der Waals surface area contributed by atoms with Gasteiger partial charge in [0, 0.05) is 45.4 Å². The summed E-state index contributed by atoms with van der Waals surface area (Å²) in [5.41, 5.74) is 3.55.